The molecule has 1 fully saturated rings. The minimum absolute atomic E-state index is 0.272. The molecule has 1 saturated carbocycles. The summed E-state index contributed by atoms with van der Waals surface area (Å²) in [5, 5.41) is 0. The van der Waals surface area contributed by atoms with Gasteiger partial charge in [-0.1, -0.05) is 12.1 Å². The van der Waals surface area contributed by atoms with Crippen LogP contribution in [0.3, 0.4) is 0 Å². The number of methoxy groups -OCH3 is 1. The van der Waals surface area contributed by atoms with Crippen molar-refractivity contribution in [1.82, 2.24) is 9.97 Å². The molecule has 1 aliphatic rings. The average molecular weight is 430 g/mol. The van der Waals surface area contributed by atoms with Crippen molar-refractivity contribution < 1.29 is 13.9 Å². The van der Waals surface area contributed by atoms with E-state index in [-0.39, 0.29) is 6.10 Å². The van der Waals surface area contributed by atoms with Crippen molar-refractivity contribution in [2.75, 3.05) is 19.1 Å². The Labute approximate surface area is 187 Å². The van der Waals surface area contributed by atoms with Crippen LogP contribution in [0.1, 0.15) is 37.1 Å². The van der Waals surface area contributed by atoms with Crippen molar-refractivity contribution in [1.29, 1.82) is 0 Å². The maximum atomic E-state index is 6.25. The molecule has 0 N–H and O–H groups in total. The minimum Gasteiger partial charge on any atom is -0.493 e. The Balaban J connectivity index is 1.42. The van der Waals surface area contributed by atoms with E-state index in [0.29, 0.717) is 12.3 Å². The van der Waals surface area contributed by atoms with Gasteiger partial charge in [-0.15, -0.1) is 0 Å². The van der Waals surface area contributed by atoms with Crippen LogP contribution in [0, 0.1) is 0 Å². The molecule has 2 aromatic carbocycles. The van der Waals surface area contributed by atoms with Crippen molar-refractivity contribution in [3.63, 3.8) is 0 Å². The van der Waals surface area contributed by atoms with Gasteiger partial charge in [-0.2, -0.15) is 0 Å². The standard InChI is InChI=1S/C26H27N3O3/c1-29(19-7-6-14-27-17-19)22-11-5-10-21-26(22)32-25(28-21)16-18-12-13-23(30-2)24(15-18)31-20-8-3-4-9-20/h5-7,10-15,17,20H,3-4,8-9,16H2,1-2H3. The van der Waals surface area contributed by atoms with Crippen LogP contribution in [0.15, 0.2) is 65.3 Å². The Morgan fingerprint density at radius 3 is 2.72 bits per heavy atom. The minimum atomic E-state index is 0.272. The van der Waals surface area contributed by atoms with Gasteiger partial charge in [0, 0.05) is 19.7 Å². The molecule has 2 aromatic heterocycles. The molecule has 0 amide bonds. The average Bonchev–Trinajstić information content (AvgIpc) is 3.48. The molecule has 32 heavy (non-hydrogen) atoms. The van der Waals surface area contributed by atoms with E-state index in [9.17, 15) is 0 Å². The molecule has 1 aliphatic carbocycles. The van der Waals surface area contributed by atoms with E-state index < -0.39 is 0 Å². The van der Waals surface area contributed by atoms with E-state index in [4.69, 9.17) is 18.9 Å². The van der Waals surface area contributed by atoms with Gasteiger partial charge in [0.1, 0.15) is 5.52 Å². The van der Waals surface area contributed by atoms with E-state index >= 15 is 0 Å². The third-order valence-electron chi connectivity index (χ3n) is 6.01. The molecule has 4 aromatic rings. The van der Waals surface area contributed by atoms with Gasteiger partial charge in [0.2, 0.25) is 0 Å². The highest BCUT2D eigenvalue weighted by atomic mass is 16.5. The molecule has 0 saturated heterocycles. The highest BCUT2D eigenvalue weighted by Gasteiger charge is 2.19. The summed E-state index contributed by atoms with van der Waals surface area (Å²) in [6.07, 6.45) is 9.11. The lowest BCUT2D eigenvalue weighted by Gasteiger charge is -2.18. The van der Waals surface area contributed by atoms with Gasteiger partial charge in [0.25, 0.3) is 0 Å². The van der Waals surface area contributed by atoms with Gasteiger partial charge >= 0.3 is 0 Å². The fourth-order valence-electron chi connectivity index (χ4n) is 4.30. The van der Waals surface area contributed by atoms with Crippen LogP contribution < -0.4 is 14.4 Å². The molecule has 164 valence electrons. The molecule has 0 bridgehead atoms. The normalized spacial score (nSPS) is 14.1. The number of benzene rings is 2. The van der Waals surface area contributed by atoms with E-state index in [1.165, 1.54) is 12.8 Å². The van der Waals surface area contributed by atoms with Crippen LogP contribution in [-0.4, -0.2) is 30.2 Å². The predicted molar refractivity (Wildman–Crippen MR) is 125 cm³/mol. The summed E-state index contributed by atoms with van der Waals surface area (Å²) < 4.78 is 18.0. The number of aromatic nitrogens is 2. The van der Waals surface area contributed by atoms with E-state index in [1.54, 1.807) is 13.3 Å². The zero-order valence-electron chi connectivity index (χ0n) is 18.5. The lowest BCUT2D eigenvalue weighted by molar-refractivity contribution is 0.200. The van der Waals surface area contributed by atoms with Crippen LogP contribution in [-0.2, 0) is 6.42 Å². The molecular weight excluding hydrogens is 402 g/mol. The van der Waals surface area contributed by atoms with Crippen LogP contribution >= 0.6 is 0 Å². The molecule has 6 nitrogen and oxygen atoms in total. The first kappa shape index (κ1) is 20.4. The third kappa shape index (κ3) is 4.13. The number of hydrogen-bond donors (Lipinski definition) is 0. The van der Waals surface area contributed by atoms with Crippen LogP contribution in [0.25, 0.3) is 11.1 Å². The first-order valence-corrected chi connectivity index (χ1v) is 11.1. The summed E-state index contributed by atoms with van der Waals surface area (Å²) in [6.45, 7) is 0. The Morgan fingerprint density at radius 1 is 1.06 bits per heavy atom. The monoisotopic (exact) mass is 429 g/mol. The Hall–Kier alpha value is -3.54. The molecule has 5 rings (SSSR count). The molecule has 0 spiro atoms. The summed E-state index contributed by atoms with van der Waals surface area (Å²) in [5.74, 6) is 2.23. The molecule has 0 unspecified atom stereocenters. The second-order valence-electron chi connectivity index (χ2n) is 8.19. The number of hydrogen-bond acceptors (Lipinski definition) is 6. The third-order valence-corrected chi connectivity index (χ3v) is 6.01. The SMILES string of the molecule is COc1ccc(Cc2nc3cccc(N(C)c4cccnc4)c3o2)cc1OC1CCCC1. The number of pyridine rings is 1. The zero-order chi connectivity index (χ0) is 21.9. The summed E-state index contributed by atoms with van der Waals surface area (Å²) in [7, 11) is 3.68. The van der Waals surface area contributed by atoms with Gasteiger partial charge < -0.3 is 18.8 Å². The van der Waals surface area contributed by atoms with Crippen LogP contribution in [0.2, 0.25) is 0 Å². The quantitative estimate of drug-likeness (QED) is 0.364. The second kappa shape index (κ2) is 8.91. The van der Waals surface area contributed by atoms with Crippen LogP contribution in [0.4, 0.5) is 11.4 Å². The van der Waals surface area contributed by atoms with Crippen molar-refractivity contribution >= 4 is 22.5 Å². The van der Waals surface area contributed by atoms with Gasteiger partial charge in [-0.3, -0.25) is 4.98 Å². The fourth-order valence-corrected chi connectivity index (χ4v) is 4.30. The molecule has 0 radical (unpaired) electrons. The number of anilines is 2. The van der Waals surface area contributed by atoms with Crippen molar-refractivity contribution in [2.24, 2.45) is 0 Å². The molecule has 6 heteroatoms. The number of ether oxygens (including phenoxy) is 2. The fraction of sp³-hybridized carbons (Fsp3) is 0.308. The first-order chi connectivity index (χ1) is 15.7. The van der Waals surface area contributed by atoms with Gasteiger partial charge in [0.05, 0.1) is 30.8 Å². The number of para-hydroxylation sites is 1. The number of rotatable bonds is 7. The van der Waals surface area contributed by atoms with Crippen molar-refractivity contribution in [2.45, 2.75) is 38.2 Å². The summed E-state index contributed by atoms with van der Waals surface area (Å²) in [4.78, 5) is 11.0. The first-order valence-electron chi connectivity index (χ1n) is 11.1. The lowest BCUT2D eigenvalue weighted by Crippen LogP contribution is -2.11. The topological polar surface area (TPSA) is 60.6 Å². The maximum Gasteiger partial charge on any atom is 0.200 e. The van der Waals surface area contributed by atoms with Crippen molar-refractivity contribution in [3.8, 4) is 11.5 Å². The van der Waals surface area contributed by atoms with Crippen molar-refractivity contribution in [3.05, 3.63) is 72.4 Å². The lowest BCUT2D eigenvalue weighted by atomic mass is 10.1. The number of nitrogens with zero attached hydrogens (tertiary/aromatic N) is 3. The Bertz CT molecular complexity index is 1200. The zero-order valence-corrected chi connectivity index (χ0v) is 18.5. The van der Waals surface area contributed by atoms with E-state index in [1.807, 2.05) is 55.7 Å². The highest BCUT2D eigenvalue weighted by Crippen LogP contribution is 2.34. The molecule has 0 aliphatic heterocycles. The van der Waals surface area contributed by atoms with Gasteiger partial charge in [0.15, 0.2) is 23.0 Å². The van der Waals surface area contributed by atoms with Gasteiger partial charge in [-0.05, 0) is 67.6 Å². The van der Waals surface area contributed by atoms with Crippen LogP contribution in [0.5, 0.6) is 11.5 Å². The second-order valence-corrected chi connectivity index (χ2v) is 8.19. The Kier molecular flexibility index (Phi) is 5.67. The summed E-state index contributed by atoms with van der Waals surface area (Å²) >= 11 is 0. The highest BCUT2D eigenvalue weighted by molar-refractivity contribution is 5.89. The summed E-state index contributed by atoms with van der Waals surface area (Å²) in [5.41, 5.74) is 4.62. The van der Waals surface area contributed by atoms with Gasteiger partial charge in [-0.25, -0.2) is 4.98 Å². The van der Waals surface area contributed by atoms with E-state index in [2.05, 4.69) is 16.0 Å². The molecule has 0 atom stereocenters. The predicted octanol–water partition coefficient (Wildman–Crippen LogP) is 5.91. The number of oxazole rings is 1. The summed E-state index contributed by atoms with van der Waals surface area (Å²) in [6, 6.07) is 16.0. The molecular formula is C26H27N3O3. The smallest absolute Gasteiger partial charge is 0.200 e. The largest absolute Gasteiger partial charge is 0.493 e. The van der Waals surface area contributed by atoms with E-state index in [0.717, 1.165) is 52.4 Å². The number of fused-ring (bicyclic) bond motifs is 1. The molecule has 2 heterocycles. The maximum absolute atomic E-state index is 6.25. The Morgan fingerprint density at radius 2 is 1.94 bits per heavy atom.